The first kappa shape index (κ1) is 22.7. The number of carbonyl (C=O) groups excluding carboxylic acids is 1. The van der Waals surface area contributed by atoms with E-state index in [-0.39, 0.29) is 11.8 Å². The molecule has 10 heteroatoms. The molecule has 4 heterocycles. The summed E-state index contributed by atoms with van der Waals surface area (Å²) < 4.78 is 8.97. The highest BCUT2D eigenvalue weighted by Gasteiger charge is 2.30. The third-order valence-electron chi connectivity index (χ3n) is 6.87. The summed E-state index contributed by atoms with van der Waals surface area (Å²) >= 11 is 0. The largest absolute Gasteiger partial charge is 0.339 e. The summed E-state index contributed by atoms with van der Waals surface area (Å²) in [4.78, 5) is 22.2. The normalized spacial score (nSPS) is 16.9. The number of hydrogen-bond donors (Lipinski definition) is 1. The first-order valence-corrected chi connectivity index (χ1v) is 12.1. The molecule has 1 aromatic carbocycles. The lowest BCUT2D eigenvalue weighted by Crippen LogP contribution is -2.24. The summed E-state index contributed by atoms with van der Waals surface area (Å²) in [7, 11) is 1.86. The zero-order chi connectivity index (χ0) is 25.5. The van der Waals surface area contributed by atoms with Crippen LogP contribution in [-0.4, -0.2) is 35.2 Å². The van der Waals surface area contributed by atoms with Gasteiger partial charge in [-0.3, -0.25) is 13.9 Å². The molecule has 1 amide bonds. The van der Waals surface area contributed by atoms with Gasteiger partial charge in [-0.2, -0.15) is 15.3 Å². The van der Waals surface area contributed by atoms with E-state index >= 15 is 0 Å². The third-order valence-corrected chi connectivity index (χ3v) is 6.87. The highest BCUT2D eigenvalue weighted by Crippen LogP contribution is 2.35. The number of fused-ring (bicyclic) bond motifs is 1. The number of hydrogen-bond acceptors (Lipinski definition) is 7. The second kappa shape index (κ2) is 9.02. The number of nitrogens with zero attached hydrogens (tertiary/aromatic N) is 7. The van der Waals surface area contributed by atoms with Gasteiger partial charge in [0.1, 0.15) is 11.3 Å². The molecule has 0 saturated heterocycles. The Bertz CT molecular complexity index is 1670. The monoisotopic (exact) mass is 492 g/mol. The van der Waals surface area contributed by atoms with Crippen molar-refractivity contribution in [3.05, 3.63) is 72.3 Å². The van der Waals surface area contributed by atoms with E-state index in [4.69, 9.17) is 9.78 Å². The zero-order valence-corrected chi connectivity index (χ0v) is 20.4. The Hall–Kier alpha value is -4.78. The van der Waals surface area contributed by atoms with Gasteiger partial charge in [-0.25, -0.2) is 4.98 Å². The lowest BCUT2D eigenvalue weighted by Gasteiger charge is -2.29. The zero-order valence-electron chi connectivity index (χ0n) is 20.4. The number of pyridine rings is 1. The van der Waals surface area contributed by atoms with E-state index in [2.05, 4.69) is 31.6 Å². The maximum atomic E-state index is 13.3. The molecule has 4 aromatic heterocycles. The van der Waals surface area contributed by atoms with Crippen LogP contribution in [0.4, 0.5) is 5.69 Å². The molecule has 1 fully saturated rings. The molecule has 37 heavy (non-hydrogen) atoms. The van der Waals surface area contributed by atoms with E-state index in [1.165, 1.54) is 0 Å². The topological polar surface area (TPSA) is 127 Å². The lowest BCUT2D eigenvalue weighted by molar-refractivity contribution is 0.102. The van der Waals surface area contributed by atoms with Gasteiger partial charge in [0.15, 0.2) is 0 Å². The van der Waals surface area contributed by atoms with Gasteiger partial charge in [-0.05, 0) is 49.4 Å². The van der Waals surface area contributed by atoms with Gasteiger partial charge in [0.2, 0.25) is 11.7 Å². The van der Waals surface area contributed by atoms with Crippen LogP contribution in [0.1, 0.15) is 34.8 Å². The molecule has 0 radical (unpaired) electrons. The van der Waals surface area contributed by atoms with Crippen molar-refractivity contribution in [3.8, 4) is 28.6 Å². The van der Waals surface area contributed by atoms with Crippen molar-refractivity contribution in [1.29, 1.82) is 5.26 Å². The quantitative estimate of drug-likeness (QED) is 0.371. The number of aryl methyl sites for hydroxylation is 2. The van der Waals surface area contributed by atoms with Crippen molar-refractivity contribution in [2.24, 2.45) is 18.9 Å². The molecule has 1 N–H and O–H groups in total. The number of nitriles is 1. The highest BCUT2D eigenvalue weighted by atomic mass is 16.5. The highest BCUT2D eigenvalue weighted by molar-refractivity contribution is 6.04. The maximum Gasteiger partial charge on any atom is 0.274 e. The SMILES string of the molecule is Cc1ccc(-c2noc(CC3CC(C#N)C3)n2)cc1NC(=O)c1cnc2ccc(-c3cnn(C)c3)cn12. The number of rotatable bonds is 6. The van der Waals surface area contributed by atoms with Gasteiger partial charge in [0.05, 0.1) is 18.5 Å². The Balaban J connectivity index is 1.22. The number of anilines is 1. The summed E-state index contributed by atoms with van der Waals surface area (Å²) in [6, 6.07) is 11.8. The van der Waals surface area contributed by atoms with Crippen molar-refractivity contribution in [2.75, 3.05) is 5.32 Å². The van der Waals surface area contributed by atoms with Crippen LogP contribution in [0.5, 0.6) is 0 Å². The molecule has 6 rings (SSSR count). The van der Waals surface area contributed by atoms with Crippen molar-refractivity contribution >= 4 is 17.2 Å². The molecule has 10 nitrogen and oxygen atoms in total. The summed E-state index contributed by atoms with van der Waals surface area (Å²) in [6.07, 6.45) is 9.59. The summed E-state index contributed by atoms with van der Waals surface area (Å²) in [5.74, 6) is 1.32. The molecule has 184 valence electrons. The van der Waals surface area contributed by atoms with Crippen LogP contribution in [0, 0.1) is 30.1 Å². The van der Waals surface area contributed by atoms with E-state index in [0.29, 0.717) is 41.1 Å². The molecule has 0 spiro atoms. The fourth-order valence-corrected chi connectivity index (χ4v) is 4.68. The Morgan fingerprint density at radius 1 is 1.16 bits per heavy atom. The standard InChI is InChI=1S/C27H24N8O2/c1-16-3-4-19(26-32-25(37-33-26)9-17-7-18(8-17)11-28)10-22(16)31-27(36)23-13-29-24-6-5-20(15-35(23)24)21-12-30-34(2)14-21/h3-6,10,12-15,17-18H,7-9H2,1-2H3,(H,31,36). The number of carbonyl (C=O) groups is 1. The number of imidazole rings is 1. The van der Waals surface area contributed by atoms with Crippen LogP contribution in [-0.2, 0) is 13.5 Å². The van der Waals surface area contributed by atoms with Gasteiger partial charge in [-0.15, -0.1) is 0 Å². The third kappa shape index (κ3) is 4.36. The Labute approximate surface area is 212 Å². The van der Waals surface area contributed by atoms with Crippen molar-refractivity contribution in [1.82, 2.24) is 29.3 Å². The lowest BCUT2D eigenvalue weighted by atomic mass is 9.74. The second-order valence-corrected chi connectivity index (χ2v) is 9.56. The molecule has 5 aromatic rings. The second-order valence-electron chi connectivity index (χ2n) is 9.56. The number of aromatic nitrogens is 6. The smallest absolute Gasteiger partial charge is 0.274 e. The first-order chi connectivity index (χ1) is 18.0. The van der Waals surface area contributed by atoms with Crippen molar-refractivity contribution in [3.63, 3.8) is 0 Å². The summed E-state index contributed by atoms with van der Waals surface area (Å²) in [5, 5.41) is 20.3. The Kier molecular flexibility index (Phi) is 5.53. The predicted molar refractivity (Wildman–Crippen MR) is 135 cm³/mol. The number of amides is 1. The molecule has 1 saturated carbocycles. The predicted octanol–water partition coefficient (Wildman–Crippen LogP) is 4.44. The van der Waals surface area contributed by atoms with Crippen LogP contribution in [0.3, 0.4) is 0 Å². The fourth-order valence-electron chi connectivity index (χ4n) is 4.68. The van der Waals surface area contributed by atoms with Gasteiger partial charge >= 0.3 is 0 Å². The molecule has 0 atom stereocenters. The Morgan fingerprint density at radius 3 is 2.78 bits per heavy atom. The van der Waals surface area contributed by atoms with Crippen LogP contribution >= 0.6 is 0 Å². The van der Waals surface area contributed by atoms with E-state index in [1.807, 2.05) is 56.7 Å². The van der Waals surface area contributed by atoms with Crippen molar-refractivity contribution in [2.45, 2.75) is 26.2 Å². The van der Waals surface area contributed by atoms with E-state index < -0.39 is 0 Å². The Morgan fingerprint density at radius 2 is 2.00 bits per heavy atom. The van der Waals surface area contributed by atoms with Gasteiger partial charge < -0.3 is 9.84 Å². The van der Waals surface area contributed by atoms with E-state index in [9.17, 15) is 4.79 Å². The number of nitrogens with one attached hydrogen (secondary N) is 1. The summed E-state index contributed by atoms with van der Waals surface area (Å²) in [6.45, 7) is 1.93. The maximum absolute atomic E-state index is 13.3. The van der Waals surface area contributed by atoms with Gasteiger partial charge in [-0.1, -0.05) is 17.3 Å². The molecule has 0 bridgehead atoms. The van der Waals surface area contributed by atoms with E-state index in [0.717, 1.165) is 35.1 Å². The van der Waals surface area contributed by atoms with Crippen LogP contribution in [0.25, 0.3) is 28.2 Å². The average molecular weight is 493 g/mol. The molecule has 1 aliphatic carbocycles. The van der Waals surface area contributed by atoms with Crippen molar-refractivity contribution < 1.29 is 9.32 Å². The average Bonchev–Trinajstić information content (AvgIpc) is 3.61. The van der Waals surface area contributed by atoms with E-state index in [1.54, 1.807) is 21.5 Å². The van der Waals surface area contributed by atoms with Gasteiger partial charge in [0, 0.05) is 54.2 Å². The first-order valence-electron chi connectivity index (χ1n) is 12.1. The molecule has 0 unspecified atom stereocenters. The molecular formula is C27H24N8O2. The van der Waals surface area contributed by atoms with Crippen LogP contribution < -0.4 is 5.32 Å². The van der Waals surface area contributed by atoms with Gasteiger partial charge in [0.25, 0.3) is 5.91 Å². The van der Waals surface area contributed by atoms with Crippen LogP contribution in [0.2, 0.25) is 0 Å². The minimum Gasteiger partial charge on any atom is -0.339 e. The van der Waals surface area contributed by atoms with Crippen LogP contribution in [0.15, 0.2) is 59.6 Å². The summed E-state index contributed by atoms with van der Waals surface area (Å²) in [5.41, 5.74) is 5.29. The number of benzene rings is 1. The molecule has 0 aliphatic heterocycles. The minimum atomic E-state index is -0.276. The fraction of sp³-hybridized carbons (Fsp3) is 0.259. The molecule has 1 aliphatic rings. The minimum absolute atomic E-state index is 0.144. The molecular weight excluding hydrogens is 468 g/mol.